The SMILES string of the molecule is CN1CC(CN)CC1c1cc2c(cc1S(C)(=O)=O)OCCO2. The Morgan fingerprint density at radius 2 is 1.91 bits per heavy atom. The molecule has 0 amide bonds. The average molecular weight is 326 g/mol. The molecule has 1 aromatic carbocycles. The summed E-state index contributed by atoms with van der Waals surface area (Å²) < 4.78 is 35.6. The lowest BCUT2D eigenvalue weighted by Gasteiger charge is -2.25. The molecule has 2 unspecified atom stereocenters. The van der Waals surface area contributed by atoms with Crippen molar-refractivity contribution in [2.45, 2.75) is 17.4 Å². The standard InChI is InChI=1S/C15H22N2O4S/c1-17-9-10(8-16)5-12(17)11-6-13-14(21-4-3-20-13)7-15(11)22(2,18)19/h6-7,10,12H,3-5,8-9,16H2,1-2H3. The van der Waals surface area contributed by atoms with Crippen molar-refractivity contribution in [1.29, 1.82) is 0 Å². The van der Waals surface area contributed by atoms with Gasteiger partial charge in [0.25, 0.3) is 0 Å². The van der Waals surface area contributed by atoms with Gasteiger partial charge in [0.15, 0.2) is 21.3 Å². The Bertz CT molecular complexity index is 674. The van der Waals surface area contributed by atoms with Crippen molar-refractivity contribution in [2.24, 2.45) is 11.7 Å². The summed E-state index contributed by atoms with van der Waals surface area (Å²) in [5.74, 6) is 1.51. The van der Waals surface area contributed by atoms with Gasteiger partial charge in [-0.05, 0) is 37.6 Å². The van der Waals surface area contributed by atoms with Gasteiger partial charge in [0.05, 0.1) is 4.90 Å². The number of hydrogen-bond donors (Lipinski definition) is 1. The van der Waals surface area contributed by atoms with Gasteiger partial charge in [-0.3, -0.25) is 4.90 Å². The van der Waals surface area contributed by atoms with E-state index in [1.165, 1.54) is 6.26 Å². The summed E-state index contributed by atoms with van der Waals surface area (Å²) in [5, 5.41) is 0. The summed E-state index contributed by atoms with van der Waals surface area (Å²) in [6.45, 7) is 2.41. The van der Waals surface area contributed by atoms with E-state index in [2.05, 4.69) is 4.90 Å². The third-order valence-electron chi connectivity index (χ3n) is 4.40. The van der Waals surface area contributed by atoms with Crippen molar-refractivity contribution in [1.82, 2.24) is 4.90 Å². The third-order valence-corrected chi connectivity index (χ3v) is 5.55. The van der Waals surface area contributed by atoms with Crippen LogP contribution in [0.3, 0.4) is 0 Å². The Morgan fingerprint density at radius 3 is 2.45 bits per heavy atom. The fourth-order valence-electron chi connectivity index (χ4n) is 3.31. The monoisotopic (exact) mass is 326 g/mol. The molecular formula is C15H22N2O4S. The lowest BCUT2D eigenvalue weighted by molar-refractivity contribution is 0.170. The summed E-state index contributed by atoms with van der Waals surface area (Å²) in [7, 11) is -1.34. The second kappa shape index (κ2) is 5.72. The molecule has 0 spiro atoms. The van der Waals surface area contributed by atoms with Gasteiger partial charge < -0.3 is 15.2 Å². The van der Waals surface area contributed by atoms with Crippen molar-refractivity contribution in [3.8, 4) is 11.5 Å². The predicted octanol–water partition coefficient (Wildman–Crippen LogP) is 0.813. The number of nitrogens with two attached hydrogens (primary N) is 1. The van der Waals surface area contributed by atoms with Crippen molar-refractivity contribution in [3.05, 3.63) is 17.7 Å². The first-order valence-corrected chi connectivity index (χ1v) is 9.33. The van der Waals surface area contributed by atoms with E-state index in [0.717, 1.165) is 18.5 Å². The second-order valence-corrected chi connectivity index (χ2v) is 8.08. The van der Waals surface area contributed by atoms with Crippen LogP contribution in [0.15, 0.2) is 17.0 Å². The van der Waals surface area contributed by atoms with Crippen LogP contribution < -0.4 is 15.2 Å². The van der Waals surface area contributed by atoms with Gasteiger partial charge in [-0.15, -0.1) is 0 Å². The topological polar surface area (TPSA) is 81.9 Å². The van der Waals surface area contributed by atoms with Crippen LogP contribution >= 0.6 is 0 Å². The lowest BCUT2D eigenvalue weighted by atomic mass is 9.99. The molecular weight excluding hydrogens is 304 g/mol. The van der Waals surface area contributed by atoms with Crippen LogP contribution in [0.5, 0.6) is 11.5 Å². The van der Waals surface area contributed by atoms with Crippen LogP contribution in [0, 0.1) is 5.92 Å². The number of likely N-dealkylation sites (tertiary alicyclic amines) is 1. The molecule has 122 valence electrons. The summed E-state index contributed by atoms with van der Waals surface area (Å²) in [5.41, 5.74) is 6.56. The largest absolute Gasteiger partial charge is 0.486 e. The van der Waals surface area contributed by atoms with Gasteiger partial charge in [0, 0.05) is 24.9 Å². The molecule has 2 aliphatic rings. The van der Waals surface area contributed by atoms with Gasteiger partial charge in [-0.1, -0.05) is 0 Å². The Hall–Kier alpha value is -1.31. The minimum Gasteiger partial charge on any atom is -0.486 e. The molecule has 0 aromatic heterocycles. The molecule has 0 radical (unpaired) electrons. The number of benzene rings is 1. The molecule has 0 bridgehead atoms. The van der Waals surface area contributed by atoms with E-state index < -0.39 is 9.84 Å². The molecule has 1 fully saturated rings. The van der Waals surface area contributed by atoms with Gasteiger partial charge in [0.1, 0.15) is 13.2 Å². The van der Waals surface area contributed by atoms with E-state index in [0.29, 0.717) is 42.1 Å². The highest BCUT2D eigenvalue weighted by Gasteiger charge is 2.34. The highest BCUT2D eigenvalue weighted by molar-refractivity contribution is 7.90. The van der Waals surface area contributed by atoms with Gasteiger partial charge in [-0.25, -0.2) is 8.42 Å². The van der Waals surface area contributed by atoms with Crippen LogP contribution in [0.25, 0.3) is 0 Å². The minimum absolute atomic E-state index is 0.0362. The Morgan fingerprint density at radius 1 is 1.27 bits per heavy atom. The highest BCUT2D eigenvalue weighted by Crippen LogP contribution is 2.42. The summed E-state index contributed by atoms with van der Waals surface area (Å²) >= 11 is 0. The Kier molecular flexibility index (Phi) is 4.05. The van der Waals surface area contributed by atoms with Crippen LogP contribution in [-0.4, -0.2) is 52.9 Å². The van der Waals surface area contributed by atoms with Gasteiger partial charge in [-0.2, -0.15) is 0 Å². The maximum absolute atomic E-state index is 12.2. The first kappa shape index (κ1) is 15.6. The maximum Gasteiger partial charge on any atom is 0.175 e. The molecule has 3 rings (SSSR count). The average Bonchev–Trinajstić information content (AvgIpc) is 2.86. The van der Waals surface area contributed by atoms with Crippen molar-refractivity contribution in [2.75, 3.05) is 39.6 Å². The molecule has 0 aliphatic carbocycles. The van der Waals surface area contributed by atoms with Crippen LogP contribution in [0.1, 0.15) is 18.0 Å². The molecule has 0 saturated carbocycles. The van der Waals surface area contributed by atoms with Crippen LogP contribution in [-0.2, 0) is 9.84 Å². The lowest BCUT2D eigenvalue weighted by Crippen LogP contribution is -2.22. The zero-order valence-electron chi connectivity index (χ0n) is 12.9. The van der Waals surface area contributed by atoms with Crippen LogP contribution in [0.4, 0.5) is 0 Å². The highest BCUT2D eigenvalue weighted by atomic mass is 32.2. The Balaban J connectivity index is 2.09. The van der Waals surface area contributed by atoms with Crippen molar-refractivity contribution < 1.29 is 17.9 Å². The van der Waals surface area contributed by atoms with E-state index in [1.54, 1.807) is 6.07 Å². The normalized spacial score (nSPS) is 25.4. The second-order valence-electron chi connectivity index (χ2n) is 6.10. The molecule has 1 saturated heterocycles. The Labute approximate surface area is 131 Å². The number of hydrogen-bond acceptors (Lipinski definition) is 6. The van der Waals surface area contributed by atoms with E-state index in [-0.39, 0.29) is 6.04 Å². The number of rotatable bonds is 3. The first-order valence-electron chi connectivity index (χ1n) is 7.44. The summed E-state index contributed by atoms with van der Waals surface area (Å²) in [6, 6.07) is 3.46. The molecule has 7 heteroatoms. The smallest absolute Gasteiger partial charge is 0.175 e. The molecule has 22 heavy (non-hydrogen) atoms. The van der Waals surface area contributed by atoms with E-state index >= 15 is 0 Å². The van der Waals surface area contributed by atoms with E-state index in [1.807, 2.05) is 13.1 Å². The minimum atomic E-state index is -3.35. The molecule has 2 N–H and O–H groups in total. The van der Waals surface area contributed by atoms with E-state index in [4.69, 9.17) is 15.2 Å². The van der Waals surface area contributed by atoms with Gasteiger partial charge in [0.2, 0.25) is 0 Å². The molecule has 2 atom stereocenters. The molecule has 1 aromatic rings. The summed E-state index contributed by atoms with van der Waals surface area (Å²) in [4.78, 5) is 2.49. The molecule has 6 nitrogen and oxygen atoms in total. The third kappa shape index (κ3) is 2.80. The molecule has 2 aliphatic heterocycles. The fraction of sp³-hybridized carbons (Fsp3) is 0.600. The summed E-state index contributed by atoms with van der Waals surface area (Å²) in [6.07, 6.45) is 2.09. The zero-order valence-corrected chi connectivity index (χ0v) is 13.7. The van der Waals surface area contributed by atoms with Gasteiger partial charge >= 0.3 is 0 Å². The number of sulfone groups is 1. The zero-order chi connectivity index (χ0) is 15.9. The number of ether oxygens (including phenoxy) is 2. The van der Waals surface area contributed by atoms with Crippen molar-refractivity contribution in [3.63, 3.8) is 0 Å². The fourth-order valence-corrected chi connectivity index (χ4v) is 4.25. The predicted molar refractivity (Wildman–Crippen MR) is 83.1 cm³/mol. The quantitative estimate of drug-likeness (QED) is 0.885. The number of nitrogens with zero attached hydrogens (tertiary/aromatic N) is 1. The number of fused-ring (bicyclic) bond motifs is 1. The first-order chi connectivity index (χ1) is 10.4. The van der Waals surface area contributed by atoms with Crippen LogP contribution in [0.2, 0.25) is 0 Å². The van der Waals surface area contributed by atoms with Crippen molar-refractivity contribution >= 4 is 9.84 Å². The maximum atomic E-state index is 12.2. The molecule has 2 heterocycles. The van der Waals surface area contributed by atoms with E-state index in [9.17, 15) is 8.42 Å².